The van der Waals surface area contributed by atoms with E-state index in [9.17, 15) is 8.42 Å². The van der Waals surface area contributed by atoms with Gasteiger partial charge >= 0.3 is 0 Å². The van der Waals surface area contributed by atoms with Crippen LogP contribution in [0.3, 0.4) is 0 Å². The number of aromatic amines is 1. The maximum atomic E-state index is 13.2. The number of fused-ring (bicyclic) bond motifs is 2. The fraction of sp³-hybridized carbons (Fsp3) is 0.143. The summed E-state index contributed by atoms with van der Waals surface area (Å²) >= 11 is 0. The highest BCUT2D eigenvalue weighted by molar-refractivity contribution is 7.91. The summed E-state index contributed by atoms with van der Waals surface area (Å²) in [6.45, 7) is 2.51. The van der Waals surface area contributed by atoms with E-state index in [0.717, 1.165) is 32.9 Å². The first-order valence-corrected chi connectivity index (χ1v) is 10.0. The van der Waals surface area contributed by atoms with Crippen LogP contribution < -0.4 is 5.73 Å². The third-order valence-corrected chi connectivity index (χ3v) is 6.58. The van der Waals surface area contributed by atoms with Crippen molar-refractivity contribution in [3.8, 4) is 0 Å². The van der Waals surface area contributed by atoms with Crippen molar-refractivity contribution in [1.29, 1.82) is 0 Å². The summed E-state index contributed by atoms with van der Waals surface area (Å²) in [6.07, 6.45) is 0.714. The fourth-order valence-electron chi connectivity index (χ4n) is 3.47. The Kier molecular flexibility index (Phi) is 5.29. The lowest BCUT2D eigenvalue weighted by atomic mass is 10.1. The molecule has 4 rings (SSSR count). The minimum atomic E-state index is -3.59. The van der Waals surface area contributed by atoms with Crippen LogP contribution in [0.25, 0.3) is 21.7 Å². The van der Waals surface area contributed by atoms with E-state index in [1.54, 1.807) is 24.3 Å². The van der Waals surface area contributed by atoms with Crippen LogP contribution in [0.2, 0.25) is 0 Å². The molecule has 6 heteroatoms. The molecule has 0 amide bonds. The third-order valence-electron chi connectivity index (χ3n) is 4.83. The molecule has 0 fully saturated rings. The molecule has 1 aromatic heterocycles. The van der Waals surface area contributed by atoms with Gasteiger partial charge in [-0.1, -0.05) is 30.3 Å². The standard InChI is InChI=1S/C21H20N2O2S.ClH/c1-14-19(10-11-22)20-13-18(8-9-21(20)23-14)26(24,25)17-7-6-15-4-2-3-5-16(15)12-17;/h2-9,12-13,23H,10-11,22H2,1H3;1H. The van der Waals surface area contributed by atoms with Crippen molar-refractivity contribution in [2.24, 2.45) is 5.73 Å². The van der Waals surface area contributed by atoms with E-state index >= 15 is 0 Å². The number of nitrogens with two attached hydrogens (primary N) is 1. The minimum absolute atomic E-state index is 0. The molecular weight excluding hydrogens is 380 g/mol. The SMILES string of the molecule is Cc1[nH]c2ccc(S(=O)(=O)c3ccc4ccccc4c3)cc2c1CCN.Cl. The Bertz CT molecular complexity index is 1230. The summed E-state index contributed by atoms with van der Waals surface area (Å²) in [6, 6.07) is 18.2. The molecule has 0 aliphatic heterocycles. The third kappa shape index (κ3) is 3.34. The molecule has 1 heterocycles. The lowest BCUT2D eigenvalue weighted by Gasteiger charge is -2.07. The van der Waals surface area contributed by atoms with Crippen LogP contribution in [0.5, 0.6) is 0 Å². The second-order valence-corrected chi connectivity index (χ2v) is 8.44. The number of H-pyrrole nitrogens is 1. The number of rotatable bonds is 4. The molecule has 4 nitrogen and oxygen atoms in total. The molecule has 140 valence electrons. The summed E-state index contributed by atoms with van der Waals surface area (Å²) < 4.78 is 26.3. The molecule has 27 heavy (non-hydrogen) atoms. The molecule has 3 N–H and O–H groups in total. The van der Waals surface area contributed by atoms with Crippen LogP contribution in [0, 0.1) is 6.92 Å². The number of sulfone groups is 1. The van der Waals surface area contributed by atoms with Gasteiger partial charge in [0.15, 0.2) is 0 Å². The van der Waals surface area contributed by atoms with E-state index < -0.39 is 9.84 Å². The summed E-state index contributed by atoms with van der Waals surface area (Å²) in [5, 5.41) is 2.86. The average molecular weight is 401 g/mol. The van der Waals surface area contributed by atoms with Crippen molar-refractivity contribution in [2.75, 3.05) is 6.54 Å². The predicted octanol–water partition coefficient (Wildman–Crippen LogP) is 4.39. The van der Waals surface area contributed by atoms with Gasteiger partial charge in [0.25, 0.3) is 0 Å². The topological polar surface area (TPSA) is 76.0 Å². The van der Waals surface area contributed by atoms with E-state index in [4.69, 9.17) is 5.73 Å². The van der Waals surface area contributed by atoms with Gasteiger partial charge in [-0.25, -0.2) is 8.42 Å². The Balaban J connectivity index is 0.00000210. The summed E-state index contributed by atoms with van der Waals surface area (Å²) in [5.74, 6) is 0. The van der Waals surface area contributed by atoms with Gasteiger partial charge < -0.3 is 10.7 Å². The number of halogens is 1. The first-order chi connectivity index (χ1) is 12.5. The Morgan fingerprint density at radius 2 is 1.59 bits per heavy atom. The zero-order valence-corrected chi connectivity index (χ0v) is 16.5. The second-order valence-electron chi connectivity index (χ2n) is 6.49. The summed E-state index contributed by atoms with van der Waals surface area (Å²) in [4.78, 5) is 3.92. The maximum absolute atomic E-state index is 13.2. The molecule has 0 aliphatic rings. The monoisotopic (exact) mass is 400 g/mol. The van der Waals surface area contributed by atoms with Gasteiger partial charge in [-0.3, -0.25) is 0 Å². The zero-order chi connectivity index (χ0) is 18.3. The van der Waals surface area contributed by atoms with Crippen molar-refractivity contribution in [2.45, 2.75) is 23.1 Å². The van der Waals surface area contributed by atoms with Crippen LogP contribution in [-0.2, 0) is 16.3 Å². The van der Waals surface area contributed by atoms with Crippen LogP contribution in [-0.4, -0.2) is 19.9 Å². The molecule has 0 saturated carbocycles. The van der Waals surface area contributed by atoms with Gasteiger partial charge in [0.2, 0.25) is 9.84 Å². The van der Waals surface area contributed by atoms with Gasteiger partial charge in [-0.05, 0) is 66.6 Å². The zero-order valence-electron chi connectivity index (χ0n) is 14.9. The molecule has 0 radical (unpaired) electrons. The van der Waals surface area contributed by atoms with Crippen LogP contribution in [0.4, 0.5) is 0 Å². The van der Waals surface area contributed by atoms with Gasteiger partial charge in [0.05, 0.1) is 9.79 Å². The molecule has 0 atom stereocenters. The average Bonchev–Trinajstić information content (AvgIpc) is 2.96. The quantitative estimate of drug-likeness (QED) is 0.533. The Labute approximate surface area is 164 Å². The highest BCUT2D eigenvalue weighted by atomic mass is 35.5. The number of aryl methyl sites for hydroxylation is 1. The smallest absolute Gasteiger partial charge is 0.206 e. The number of aromatic nitrogens is 1. The van der Waals surface area contributed by atoms with E-state index in [2.05, 4.69) is 4.98 Å². The minimum Gasteiger partial charge on any atom is -0.358 e. The Hall–Kier alpha value is -2.34. The van der Waals surface area contributed by atoms with Crippen molar-refractivity contribution in [3.63, 3.8) is 0 Å². The Morgan fingerprint density at radius 1 is 0.926 bits per heavy atom. The highest BCUT2D eigenvalue weighted by Crippen LogP contribution is 2.29. The molecule has 0 bridgehead atoms. The summed E-state index contributed by atoms with van der Waals surface area (Å²) in [7, 11) is -3.59. The van der Waals surface area contributed by atoms with E-state index in [0.29, 0.717) is 22.8 Å². The molecule has 4 aromatic rings. The van der Waals surface area contributed by atoms with Crippen molar-refractivity contribution >= 4 is 43.9 Å². The van der Waals surface area contributed by atoms with Crippen LogP contribution in [0.1, 0.15) is 11.3 Å². The largest absolute Gasteiger partial charge is 0.358 e. The van der Waals surface area contributed by atoms with Gasteiger partial charge in [0, 0.05) is 16.6 Å². The predicted molar refractivity (Wildman–Crippen MR) is 112 cm³/mol. The van der Waals surface area contributed by atoms with E-state index in [1.165, 1.54) is 0 Å². The highest BCUT2D eigenvalue weighted by Gasteiger charge is 2.20. The van der Waals surface area contributed by atoms with Gasteiger partial charge in [0.1, 0.15) is 0 Å². The molecule has 0 saturated heterocycles. The van der Waals surface area contributed by atoms with Crippen molar-refractivity contribution in [1.82, 2.24) is 4.98 Å². The normalized spacial score (nSPS) is 11.6. The number of benzene rings is 3. The lowest BCUT2D eigenvalue weighted by molar-refractivity contribution is 0.596. The number of hydrogen-bond donors (Lipinski definition) is 2. The molecule has 0 unspecified atom stereocenters. The van der Waals surface area contributed by atoms with Gasteiger partial charge in [-0.15, -0.1) is 12.4 Å². The molecule has 0 aliphatic carbocycles. The first kappa shape index (κ1) is 19.4. The van der Waals surface area contributed by atoms with Gasteiger partial charge in [-0.2, -0.15) is 0 Å². The Morgan fingerprint density at radius 3 is 2.33 bits per heavy atom. The lowest BCUT2D eigenvalue weighted by Crippen LogP contribution is -2.04. The number of nitrogens with one attached hydrogen (secondary N) is 1. The number of hydrogen-bond acceptors (Lipinski definition) is 3. The second kappa shape index (κ2) is 7.35. The van der Waals surface area contributed by atoms with Crippen LogP contribution in [0.15, 0.2) is 70.5 Å². The van der Waals surface area contributed by atoms with Crippen molar-refractivity contribution in [3.05, 3.63) is 71.9 Å². The molecule has 0 spiro atoms. The molecular formula is C21H21ClN2O2S. The van der Waals surface area contributed by atoms with Crippen molar-refractivity contribution < 1.29 is 8.42 Å². The van der Waals surface area contributed by atoms with Crippen LogP contribution >= 0.6 is 12.4 Å². The fourth-order valence-corrected chi connectivity index (χ4v) is 4.79. The summed E-state index contributed by atoms with van der Waals surface area (Å²) in [5.41, 5.74) is 8.76. The van der Waals surface area contributed by atoms with E-state index in [-0.39, 0.29) is 12.4 Å². The van der Waals surface area contributed by atoms with E-state index in [1.807, 2.05) is 43.3 Å². The first-order valence-electron chi connectivity index (χ1n) is 8.56. The molecule has 3 aromatic carbocycles. The maximum Gasteiger partial charge on any atom is 0.206 e.